The molecule has 2 N–H and O–H groups in total. The molecule has 0 radical (unpaired) electrons. The maximum atomic E-state index is 12.3. The van der Waals surface area contributed by atoms with Crippen LogP contribution in [0.4, 0.5) is 10.5 Å². The van der Waals surface area contributed by atoms with Gasteiger partial charge in [0.2, 0.25) is 0 Å². The van der Waals surface area contributed by atoms with Crippen molar-refractivity contribution in [3.05, 3.63) is 36.1 Å². The van der Waals surface area contributed by atoms with E-state index in [0.717, 1.165) is 0 Å². The molecule has 0 spiro atoms. The molecule has 0 bridgehead atoms. The molecule has 19 heavy (non-hydrogen) atoms. The second-order valence-electron chi connectivity index (χ2n) is 4.69. The molecule has 3 rings (SSSR count). The third kappa shape index (κ3) is 1.96. The van der Waals surface area contributed by atoms with Crippen LogP contribution in [0, 0.1) is 5.82 Å². The Kier molecular flexibility index (Phi) is 2.72. The van der Waals surface area contributed by atoms with Crippen LogP contribution in [0.2, 0.25) is 0 Å². The van der Waals surface area contributed by atoms with Gasteiger partial charge in [-0.05, 0) is 17.9 Å². The minimum atomic E-state index is -2.52. The summed E-state index contributed by atoms with van der Waals surface area (Å²) in [5, 5.41) is 12.1. The average Bonchev–Trinajstić information content (AvgIpc) is 2.82. The minimum Gasteiger partial charge on any atom is -0.617 e. The maximum absolute atomic E-state index is 12.3. The van der Waals surface area contributed by atoms with Crippen LogP contribution in [0.3, 0.4) is 0 Å². The molecule has 2 fully saturated rings. The Morgan fingerprint density at radius 1 is 1.42 bits per heavy atom. The molecule has 6 nitrogen and oxygen atoms in total. The molecule has 2 heterocycles. The number of fused-ring (bicyclic) bond motifs is 1. The lowest BCUT2D eigenvalue weighted by Gasteiger charge is -2.24. The molecule has 2 unspecified atom stereocenters. The molecule has 1 aromatic rings. The Bertz CT molecular complexity index is 522. The molecular weight excluding hydrogens is 249 g/mol. The number of hydrogen-bond acceptors (Lipinski definition) is 5. The van der Waals surface area contributed by atoms with Gasteiger partial charge in [0.15, 0.2) is 12.1 Å². The SMILES string of the molecule is O=C1C[C+]2CC(O)O[B-]2(C(=O)Nc2ccccc2)O1. The highest BCUT2D eigenvalue weighted by Gasteiger charge is 2.68. The number of para-hydroxylation sites is 1. The Balaban J connectivity index is 1.83. The normalized spacial score (nSPS) is 29.0. The van der Waals surface area contributed by atoms with Gasteiger partial charge in [0.05, 0.1) is 6.42 Å². The fraction of sp³-hybridized carbons (Fsp3) is 0.250. The summed E-state index contributed by atoms with van der Waals surface area (Å²) in [4.78, 5) is 23.6. The zero-order valence-corrected chi connectivity index (χ0v) is 10.0. The van der Waals surface area contributed by atoms with E-state index in [1.54, 1.807) is 24.3 Å². The van der Waals surface area contributed by atoms with Crippen LogP contribution in [-0.2, 0) is 14.1 Å². The van der Waals surface area contributed by atoms with Crippen LogP contribution in [0.1, 0.15) is 12.8 Å². The summed E-state index contributed by atoms with van der Waals surface area (Å²) in [5.41, 5.74) is 0.580. The molecule has 1 amide bonds. The van der Waals surface area contributed by atoms with Crippen molar-refractivity contribution in [1.82, 2.24) is 0 Å². The number of rotatable bonds is 2. The van der Waals surface area contributed by atoms with Gasteiger partial charge in [-0.3, -0.25) is 4.79 Å². The van der Waals surface area contributed by atoms with Gasteiger partial charge in [-0.25, -0.2) is 0 Å². The Hall–Kier alpha value is -1.99. The van der Waals surface area contributed by atoms with Gasteiger partial charge in [0.25, 0.3) is 0 Å². The van der Waals surface area contributed by atoms with E-state index in [-0.39, 0.29) is 12.8 Å². The highest BCUT2D eigenvalue weighted by Crippen LogP contribution is 2.42. The van der Waals surface area contributed by atoms with Crippen molar-refractivity contribution >= 4 is 24.0 Å². The van der Waals surface area contributed by atoms with Crippen LogP contribution in [0.15, 0.2) is 30.3 Å². The first-order chi connectivity index (χ1) is 9.10. The largest absolute Gasteiger partial charge is 0.617 e. The third-order valence-electron chi connectivity index (χ3n) is 3.38. The smallest absolute Gasteiger partial charge is 0.590 e. The Labute approximate surface area is 109 Å². The lowest BCUT2D eigenvalue weighted by atomic mass is 9.48. The number of amides is 1. The number of carbonyl (C=O) groups excluding carboxylic acids is 2. The zero-order chi connectivity index (χ0) is 13.5. The topological polar surface area (TPSA) is 84.9 Å². The molecule has 0 aromatic heterocycles. The number of nitrogens with one attached hydrogen (secondary N) is 1. The van der Waals surface area contributed by atoms with E-state index in [9.17, 15) is 14.7 Å². The van der Waals surface area contributed by atoms with Crippen LogP contribution in [0.25, 0.3) is 0 Å². The number of hydrogen-bond donors (Lipinski definition) is 2. The second-order valence-corrected chi connectivity index (χ2v) is 4.69. The van der Waals surface area contributed by atoms with Crippen LogP contribution < -0.4 is 5.32 Å². The van der Waals surface area contributed by atoms with Crippen LogP contribution in [0.5, 0.6) is 0 Å². The zero-order valence-electron chi connectivity index (χ0n) is 10.0. The van der Waals surface area contributed by atoms with Crippen molar-refractivity contribution in [2.45, 2.75) is 19.1 Å². The summed E-state index contributed by atoms with van der Waals surface area (Å²) in [6.07, 6.45) is -0.905. The lowest BCUT2D eigenvalue weighted by molar-refractivity contribution is -0.135. The van der Waals surface area contributed by atoms with E-state index in [1.165, 1.54) is 0 Å². The van der Waals surface area contributed by atoms with Crippen molar-refractivity contribution in [2.24, 2.45) is 0 Å². The highest BCUT2D eigenvalue weighted by atomic mass is 16.7. The van der Waals surface area contributed by atoms with Gasteiger partial charge in [0.1, 0.15) is 6.42 Å². The van der Waals surface area contributed by atoms with Gasteiger partial charge >= 0.3 is 12.5 Å². The summed E-state index contributed by atoms with van der Waals surface area (Å²) in [7, 11) is 0. The van der Waals surface area contributed by atoms with E-state index < -0.39 is 24.6 Å². The molecule has 0 saturated carbocycles. The van der Waals surface area contributed by atoms with Gasteiger partial charge in [0, 0.05) is 5.69 Å². The van der Waals surface area contributed by atoms with Crippen molar-refractivity contribution in [2.75, 3.05) is 5.32 Å². The highest BCUT2D eigenvalue weighted by molar-refractivity contribution is 7.04. The molecule has 98 valence electrons. The molecule has 0 aliphatic carbocycles. The number of anilines is 1. The molecule has 1 aromatic carbocycles. The van der Waals surface area contributed by atoms with Gasteiger partial charge in [-0.1, -0.05) is 18.2 Å². The molecule has 2 aliphatic heterocycles. The standard InChI is InChI=1S/C12H12BNO5/c15-10-6-8-7-11(16)19-13(8,18-10)12(17)14-9-4-2-1-3-5-9/h1-5,10,15H,6-7H2,(H,14,17). The fourth-order valence-corrected chi connectivity index (χ4v) is 2.53. The predicted molar refractivity (Wildman–Crippen MR) is 66.9 cm³/mol. The van der Waals surface area contributed by atoms with Gasteiger partial charge < -0.3 is 24.5 Å². The van der Waals surface area contributed by atoms with Gasteiger partial charge in [-0.15, -0.1) is 0 Å². The molecule has 2 saturated heterocycles. The van der Waals surface area contributed by atoms with E-state index >= 15 is 0 Å². The van der Waals surface area contributed by atoms with E-state index in [4.69, 9.17) is 9.31 Å². The fourth-order valence-electron chi connectivity index (χ4n) is 2.53. The number of benzene rings is 1. The van der Waals surface area contributed by atoms with Crippen molar-refractivity contribution in [3.8, 4) is 0 Å². The summed E-state index contributed by atoms with van der Waals surface area (Å²) >= 11 is 0. The molecule has 7 heteroatoms. The summed E-state index contributed by atoms with van der Waals surface area (Å²) < 4.78 is 10.3. The summed E-state index contributed by atoms with van der Waals surface area (Å²) in [6.45, 7) is -2.52. The van der Waals surface area contributed by atoms with Crippen molar-refractivity contribution < 1.29 is 24.0 Å². The first kappa shape index (κ1) is 12.1. The summed E-state index contributed by atoms with van der Waals surface area (Å²) in [5.74, 6) is -0.514. The van der Waals surface area contributed by atoms with Crippen LogP contribution in [-0.4, -0.2) is 29.7 Å². The number of aliphatic hydroxyl groups is 1. The first-order valence-corrected chi connectivity index (χ1v) is 6.03. The van der Waals surface area contributed by atoms with Crippen molar-refractivity contribution in [1.29, 1.82) is 0 Å². The Morgan fingerprint density at radius 3 is 2.89 bits per heavy atom. The first-order valence-electron chi connectivity index (χ1n) is 6.03. The monoisotopic (exact) mass is 261 g/mol. The third-order valence-corrected chi connectivity index (χ3v) is 3.38. The van der Waals surface area contributed by atoms with Crippen molar-refractivity contribution in [3.63, 3.8) is 0 Å². The lowest BCUT2D eigenvalue weighted by Crippen LogP contribution is -2.52. The predicted octanol–water partition coefficient (Wildman–Crippen LogP) is 1.04. The van der Waals surface area contributed by atoms with Crippen LogP contribution >= 0.6 is 0 Å². The second kappa shape index (κ2) is 4.29. The summed E-state index contributed by atoms with van der Waals surface area (Å²) in [6, 6.07) is 8.80. The number of aliphatic hydroxyl groups excluding tert-OH is 1. The molecule has 2 atom stereocenters. The number of carbonyl (C=O) groups is 2. The molecule has 2 aliphatic rings. The van der Waals surface area contributed by atoms with E-state index in [2.05, 4.69) is 5.32 Å². The van der Waals surface area contributed by atoms with E-state index in [1.807, 2.05) is 6.07 Å². The maximum Gasteiger partial charge on any atom is 0.590 e. The van der Waals surface area contributed by atoms with Gasteiger partial charge in [-0.2, -0.15) is 0 Å². The minimum absolute atomic E-state index is 0.0271. The Morgan fingerprint density at radius 2 is 2.16 bits per heavy atom. The average molecular weight is 261 g/mol. The molecular formula is C12H12BNO5. The quantitative estimate of drug-likeness (QED) is 0.613. The van der Waals surface area contributed by atoms with E-state index in [0.29, 0.717) is 11.5 Å².